The Bertz CT molecular complexity index is 785. The van der Waals surface area contributed by atoms with Crippen LogP contribution < -0.4 is 24.8 Å². The topological polar surface area (TPSA) is 64.1 Å². The van der Waals surface area contributed by atoms with Crippen molar-refractivity contribution in [2.24, 2.45) is 4.99 Å². The van der Waals surface area contributed by atoms with Crippen LogP contribution >= 0.6 is 0 Å². The zero-order valence-electron chi connectivity index (χ0n) is 16.2. The molecule has 0 aliphatic rings. The standard InChI is InChI=1S/C20H25F2N3O3/c1-4-23-20(24-13-14-8-6-7-9-16(14)28-19(21)22)25-15-10-11-17(27-5-2)18(12-15)26-3/h6-12,19H,4-5,13H2,1-3H3,(H2,23,24,25). The molecule has 0 fully saturated rings. The van der Waals surface area contributed by atoms with Crippen LogP contribution in [-0.4, -0.2) is 32.8 Å². The van der Waals surface area contributed by atoms with Gasteiger partial charge in [-0.25, -0.2) is 4.99 Å². The summed E-state index contributed by atoms with van der Waals surface area (Å²) in [5.74, 6) is 1.86. The zero-order chi connectivity index (χ0) is 20.4. The van der Waals surface area contributed by atoms with Crippen molar-refractivity contribution in [2.75, 3.05) is 25.6 Å². The van der Waals surface area contributed by atoms with E-state index in [0.717, 1.165) is 5.69 Å². The lowest BCUT2D eigenvalue weighted by Gasteiger charge is -2.15. The summed E-state index contributed by atoms with van der Waals surface area (Å²) < 4.78 is 40.5. The minimum atomic E-state index is -2.88. The molecule has 0 heterocycles. The molecule has 6 nitrogen and oxygen atoms in total. The number of nitrogens with zero attached hydrogens (tertiary/aromatic N) is 1. The minimum absolute atomic E-state index is 0.111. The third kappa shape index (κ3) is 6.29. The highest BCUT2D eigenvalue weighted by atomic mass is 19.3. The Morgan fingerprint density at radius 2 is 1.86 bits per heavy atom. The predicted octanol–water partition coefficient (Wildman–Crippen LogP) is 4.27. The van der Waals surface area contributed by atoms with Gasteiger partial charge in [0.2, 0.25) is 0 Å². The monoisotopic (exact) mass is 393 g/mol. The maximum Gasteiger partial charge on any atom is 0.387 e. The smallest absolute Gasteiger partial charge is 0.387 e. The number of alkyl halides is 2. The first kappa shape index (κ1) is 21.3. The highest BCUT2D eigenvalue weighted by molar-refractivity contribution is 5.93. The van der Waals surface area contributed by atoms with Crippen molar-refractivity contribution >= 4 is 11.6 Å². The molecule has 0 atom stereocenters. The fourth-order valence-electron chi connectivity index (χ4n) is 2.47. The Morgan fingerprint density at radius 3 is 2.54 bits per heavy atom. The average molecular weight is 393 g/mol. The van der Waals surface area contributed by atoms with Gasteiger partial charge in [-0.05, 0) is 32.0 Å². The van der Waals surface area contributed by atoms with E-state index in [2.05, 4.69) is 20.4 Å². The lowest BCUT2D eigenvalue weighted by Crippen LogP contribution is -2.30. The first-order valence-corrected chi connectivity index (χ1v) is 8.96. The van der Waals surface area contributed by atoms with Gasteiger partial charge in [-0.3, -0.25) is 0 Å². The maximum absolute atomic E-state index is 12.6. The number of benzene rings is 2. The van der Waals surface area contributed by atoms with E-state index in [9.17, 15) is 8.78 Å². The Balaban J connectivity index is 2.17. The maximum atomic E-state index is 12.6. The van der Waals surface area contributed by atoms with Gasteiger partial charge < -0.3 is 24.8 Å². The molecule has 0 saturated heterocycles. The minimum Gasteiger partial charge on any atom is -0.493 e. The van der Waals surface area contributed by atoms with Crippen LogP contribution in [0.4, 0.5) is 14.5 Å². The van der Waals surface area contributed by atoms with Gasteiger partial charge in [-0.2, -0.15) is 8.78 Å². The molecule has 0 aromatic heterocycles. The van der Waals surface area contributed by atoms with Crippen LogP contribution in [0.1, 0.15) is 19.4 Å². The summed E-state index contributed by atoms with van der Waals surface area (Å²) in [6.45, 7) is 2.29. The molecule has 0 amide bonds. The van der Waals surface area contributed by atoms with E-state index in [1.54, 1.807) is 37.4 Å². The second-order valence-electron chi connectivity index (χ2n) is 5.61. The molecule has 0 radical (unpaired) electrons. The summed E-state index contributed by atoms with van der Waals surface area (Å²) in [5.41, 5.74) is 1.31. The van der Waals surface area contributed by atoms with Crippen LogP contribution in [0, 0.1) is 0 Å². The molecule has 28 heavy (non-hydrogen) atoms. The van der Waals surface area contributed by atoms with Gasteiger partial charge in [0, 0.05) is 23.9 Å². The molecular weight excluding hydrogens is 368 g/mol. The van der Waals surface area contributed by atoms with Crippen molar-refractivity contribution in [1.29, 1.82) is 0 Å². The van der Waals surface area contributed by atoms with Gasteiger partial charge in [0.05, 0.1) is 20.3 Å². The fourth-order valence-corrected chi connectivity index (χ4v) is 2.47. The SMILES string of the molecule is CCNC(=NCc1ccccc1OC(F)F)Nc1ccc(OCC)c(OC)c1. The van der Waals surface area contributed by atoms with Gasteiger partial charge in [0.1, 0.15) is 5.75 Å². The van der Waals surface area contributed by atoms with E-state index in [0.29, 0.717) is 36.2 Å². The molecule has 0 spiro atoms. The van der Waals surface area contributed by atoms with Crippen LogP contribution in [0.2, 0.25) is 0 Å². The van der Waals surface area contributed by atoms with Crippen LogP contribution in [0.15, 0.2) is 47.5 Å². The first-order chi connectivity index (χ1) is 13.6. The van der Waals surface area contributed by atoms with Gasteiger partial charge in [0.25, 0.3) is 0 Å². The summed E-state index contributed by atoms with van der Waals surface area (Å²) in [6, 6.07) is 12.0. The zero-order valence-corrected chi connectivity index (χ0v) is 16.2. The quantitative estimate of drug-likeness (QED) is 0.492. The summed E-state index contributed by atoms with van der Waals surface area (Å²) in [6.07, 6.45) is 0. The number of para-hydroxylation sites is 1. The Morgan fingerprint density at radius 1 is 1.07 bits per heavy atom. The van der Waals surface area contributed by atoms with E-state index in [1.807, 2.05) is 19.9 Å². The molecule has 0 aliphatic heterocycles. The second kappa shape index (κ2) is 11.0. The Hall–Kier alpha value is -3.03. The van der Waals surface area contributed by atoms with E-state index in [1.165, 1.54) is 6.07 Å². The third-order valence-corrected chi connectivity index (χ3v) is 3.67. The van der Waals surface area contributed by atoms with Crippen LogP contribution in [0.5, 0.6) is 17.2 Å². The number of rotatable bonds is 9. The van der Waals surface area contributed by atoms with Crippen molar-refractivity contribution < 1.29 is 23.0 Å². The molecule has 0 bridgehead atoms. The lowest BCUT2D eigenvalue weighted by molar-refractivity contribution is -0.0504. The van der Waals surface area contributed by atoms with Gasteiger partial charge in [0.15, 0.2) is 17.5 Å². The van der Waals surface area contributed by atoms with Crippen molar-refractivity contribution in [3.8, 4) is 17.2 Å². The fraction of sp³-hybridized carbons (Fsp3) is 0.350. The number of nitrogens with one attached hydrogen (secondary N) is 2. The predicted molar refractivity (Wildman–Crippen MR) is 106 cm³/mol. The van der Waals surface area contributed by atoms with Gasteiger partial charge in [-0.1, -0.05) is 18.2 Å². The summed E-state index contributed by atoms with van der Waals surface area (Å²) in [4.78, 5) is 4.46. The summed E-state index contributed by atoms with van der Waals surface area (Å²) in [7, 11) is 1.57. The van der Waals surface area contributed by atoms with Crippen molar-refractivity contribution in [2.45, 2.75) is 27.0 Å². The van der Waals surface area contributed by atoms with Crippen LogP contribution in [-0.2, 0) is 6.54 Å². The normalized spacial score (nSPS) is 11.3. The third-order valence-electron chi connectivity index (χ3n) is 3.67. The molecular formula is C20H25F2N3O3. The van der Waals surface area contributed by atoms with Gasteiger partial charge in [-0.15, -0.1) is 0 Å². The van der Waals surface area contributed by atoms with E-state index >= 15 is 0 Å². The Kier molecular flexibility index (Phi) is 8.33. The number of ether oxygens (including phenoxy) is 3. The molecule has 2 N–H and O–H groups in total. The van der Waals surface area contributed by atoms with Crippen molar-refractivity contribution in [3.63, 3.8) is 0 Å². The van der Waals surface area contributed by atoms with Crippen molar-refractivity contribution in [1.82, 2.24) is 5.32 Å². The number of anilines is 1. The number of guanidine groups is 1. The molecule has 0 saturated carbocycles. The first-order valence-electron chi connectivity index (χ1n) is 8.96. The summed E-state index contributed by atoms with van der Waals surface area (Å²) >= 11 is 0. The molecule has 2 aromatic rings. The highest BCUT2D eigenvalue weighted by Gasteiger charge is 2.10. The number of hydrogen-bond acceptors (Lipinski definition) is 4. The second-order valence-corrected chi connectivity index (χ2v) is 5.61. The van der Waals surface area contributed by atoms with Crippen LogP contribution in [0.25, 0.3) is 0 Å². The molecule has 0 unspecified atom stereocenters. The summed E-state index contributed by atoms with van der Waals surface area (Å²) in [5, 5.41) is 6.29. The van der Waals surface area contributed by atoms with Crippen LogP contribution in [0.3, 0.4) is 0 Å². The molecule has 8 heteroatoms. The Labute approximate surface area is 163 Å². The van der Waals surface area contributed by atoms with E-state index < -0.39 is 6.61 Å². The largest absolute Gasteiger partial charge is 0.493 e. The van der Waals surface area contributed by atoms with Crippen molar-refractivity contribution in [3.05, 3.63) is 48.0 Å². The number of aliphatic imine (C=N–C) groups is 1. The average Bonchev–Trinajstić information content (AvgIpc) is 2.68. The molecule has 2 aromatic carbocycles. The lowest BCUT2D eigenvalue weighted by atomic mass is 10.2. The van der Waals surface area contributed by atoms with Gasteiger partial charge >= 0.3 is 6.61 Å². The number of hydrogen-bond donors (Lipinski definition) is 2. The number of methoxy groups -OCH3 is 1. The number of halogens is 2. The molecule has 0 aliphatic carbocycles. The highest BCUT2D eigenvalue weighted by Crippen LogP contribution is 2.30. The molecule has 152 valence electrons. The van der Waals surface area contributed by atoms with E-state index in [-0.39, 0.29) is 12.3 Å². The molecule has 2 rings (SSSR count). The van der Waals surface area contributed by atoms with E-state index in [4.69, 9.17) is 9.47 Å².